The minimum absolute atomic E-state index is 0. The van der Waals surface area contributed by atoms with Gasteiger partial charge in [0.2, 0.25) is 5.91 Å². The number of anilines is 1. The summed E-state index contributed by atoms with van der Waals surface area (Å²) in [6.45, 7) is 5.81. The van der Waals surface area contributed by atoms with Crippen molar-refractivity contribution in [3.8, 4) is 11.5 Å². The number of carbonyl (C=O) groups excluding carboxylic acids is 1. The number of hydrogen-bond donors (Lipinski definition) is 1. The monoisotopic (exact) mass is 404 g/mol. The quantitative estimate of drug-likeness (QED) is 0.782. The van der Waals surface area contributed by atoms with E-state index >= 15 is 0 Å². The molecule has 0 bridgehead atoms. The SMILES string of the molecule is COc1cc2c(cc1OC)C(C)N(CCc1ccc(NC(C)=O)cc1)CC2.Cl. The predicted molar refractivity (Wildman–Crippen MR) is 115 cm³/mol. The zero-order valence-corrected chi connectivity index (χ0v) is 17.8. The Labute approximate surface area is 173 Å². The molecule has 0 aliphatic carbocycles. The summed E-state index contributed by atoms with van der Waals surface area (Å²) in [5, 5.41) is 2.80. The van der Waals surface area contributed by atoms with E-state index in [1.165, 1.54) is 23.6 Å². The molecule has 6 heteroatoms. The average Bonchev–Trinajstić information content (AvgIpc) is 2.67. The van der Waals surface area contributed by atoms with Gasteiger partial charge in [0.05, 0.1) is 14.2 Å². The van der Waals surface area contributed by atoms with Crippen LogP contribution in [0.15, 0.2) is 36.4 Å². The fraction of sp³-hybridized carbons (Fsp3) is 0.409. The van der Waals surface area contributed by atoms with Crippen LogP contribution in [0, 0.1) is 0 Å². The van der Waals surface area contributed by atoms with Crippen LogP contribution in [0.5, 0.6) is 11.5 Å². The number of rotatable bonds is 6. The third-order valence-electron chi connectivity index (χ3n) is 5.27. The highest BCUT2D eigenvalue weighted by atomic mass is 35.5. The summed E-state index contributed by atoms with van der Waals surface area (Å²) >= 11 is 0. The van der Waals surface area contributed by atoms with E-state index in [9.17, 15) is 4.79 Å². The summed E-state index contributed by atoms with van der Waals surface area (Å²) in [6.07, 6.45) is 1.99. The van der Waals surface area contributed by atoms with Gasteiger partial charge in [-0.25, -0.2) is 0 Å². The molecular formula is C22H29ClN2O3. The van der Waals surface area contributed by atoms with Crippen LogP contribution in [-0.2, 0) is 17.6 Å². The second kappa shape index (κ2) is 9.80. The number of methoxy groups -OCH3 is 2. The molecule has 0 radical (unpaired) electrons. The summed E-state index contributed by atoms with van der Waals surface area (Å²) in [7, 11) is 3.36. The molecule has 0 fully saturated rings. The van der Waals surface area contributed by atoms with Gasteiger partial charge in [-0.15, -0.1) is 12.4 Å². The Morgan fingerprint density at radius 1 is 1.14 bits per heavy atom. The van der Waals surface area contributed by atoms with Crippen molar-refractivity contribution in [2.24, 2.45) is 0 Å². The van der Waals surface area contributed by atoms with Gasteiger partial charge >= 0.3 is 0 Å². The Hall–Kier alpha value is -2.24. The lowest BCUT2D eigenvalue weighted by Gasteiger charge is -2.35. The van der Waals surface area contributed by atoms with Crippen LogP contribution in [0.4, 0.5) is 5.69 Å². The highest BCUT2D eigenvalue weighted by molar-refractivity contribution is 5.88. The Morgan fingerprint density at radius 3 is 2.39 bits per heavy atom. The second-order valence-corrected chi connectivity index (χ2v) is 7.00. The second-order valence-electron chi connectivity index (χ2n) is 7.00. The van der Waals surface area contributed by atoms with E-state index in [2.05, 4.69) is 41.4 Å². The molecule has 0 saturated carbocycles. The van der Waals surface area contributed by atoms with E-state index in [1.807, 2.05) is 12.1 Å². The van der Waals surface area contributed by atoms with Crippen molar-refractivity contribution in [3.05, 3.63) is 53.1 Å². The Bertz CT molecular complexity index is 808. The van der Waals surface area contributed by atoms with Crippen molar-refractivity contribution in [1.29, 1.82) is 0 Å². The molecule has 0 aromatic heterocycles. The Morgan fingerprint density at radius 2 is 1.79 bits per heavy atom. The molecule has 5 nitrogen and oxygen atoms in total. The number of hydrogen-bond acceptors (Lipinski definition) is 4. The van der Waals surface area contributed by atoms with Gasteiger partial charge < -0.3 is 14.8 Å². The summed E-state index contributed by atoms with van der Waals surface area (Å²) in [6, 6.07) is 12.7. The molecule has 2 aromatic rings. The Balaban J connectivity index is 0.00000280. The van der Waals surface area contributed by atoms with E-state index < -0.39 is 0 Å². The van der Waals surface area contributed by atoms with Crippen LogP contribution < -0.4 is 14.8 Å². The number of carbonyl (C=O) groups is 1. The lowest BCUT2D eigenvalue weighted by Crippen LogP contribution is -2.35. The lowest BCUT2D eigenvalue weighted by atomic mass is 9.92. The molecule has 1 heterocycles. The minimum atomic E-state index is -0.0457. The van der Waals surface area contributed by atoms with Crippen LogP contribution in [-0.4, -0.2) is 38.1 Å². The third-order valence-corrected chi connectivity index (χ3v) is 5.27. The topological polar surface area (TPSA) is 50.8 Å². The number of amides is 1. The maximum atomic E-state index is 11.1. The summed E-state index contributed by atoms with van der Waals surface area (Å²) in [5.41, 5.74) is 4.78. The first kappa shape index (κ1) is 22.1. The van der Waals surface area contributed by atoms with Crippen molar-refractivity contribution >= 4 is 24.0 Å². The summed E-state index contributed by atoms with van der Waals surface area (Å²) < 4.78 is 10.9. The molecule has 0 saturated heterocycles. The first-order chi connectivity index (χ1) is 13.0. The van der Waals surface area contributed by atoms with Crippen molar-refractivity contribution in [2.75, 3.05) is 32.6 Å². The van der Waals surface area contributed by atoms with Gasteiger partial charge in [-0.1, -0.05) is 12.1 Å². The van der Waals surface area contributed by atoms with Gasteiger partial charge in [0, 0.05) is 31.7 Å². The van der Waals surface area contributed by atoms with Crippen LogP contribution in [0.1, 0.15) is 36.6 Å². The van der Waals surface area contributed by atoms with E-state index in [0.717, 1.165) is 43.1 Å². The normalized spacial score (nSPS) is 15.9. The average molecular weight is 405 g/mol. The van der Waals surface area contributed by atoms with Crippen LogP contribution in [0.25, 0.3) is 0 Å². The number of halogens is 1. The number of nitrogens with zero attached hydrogens (tertiary/aromatic N) is 1. The van der Waals surface area contributed by atoms with Crippen molar-refractivity contribution < 1.29 is 14.3 Å². The fourth-order valence-electron chi connectivity index (χ4n) is 3.73. The smallest absolute Gasteiger partial charge is 0.221 e. The van der Waals surface area contributed by atoms with Gasteiger partial charge in [-0.05, 0) is 60.7 Å². The first-order valence-electron chi connectivity index (χ1n) is 9.37. The Kier molecular flexibility index (Phi) is 7.72. The lowest BCUT2D eigenvalue weighted by molar-refractivity contribution is -0.114. The zero-order valence-electron chi connectivity index (χ0n) is 17.0. The summed E-state index contributed by atoms with van der Waals surface area (Å²) in [4.78, 5) is 13.6. The van der Waals surface area contributed by atoms with Crippen molar-refractivity contribution in [1.82, 2.24) is 4.90 Å². The standard InChI is InChI=1S/C22H28N2O3.ClH/c1-15-20-14-22(27-4)21(26-3)13-18(20)10-12-24(15)11-9-17-5-7-19(8-6-17)23-16(2)25;/h5-8,13-15H,9-12H2,1-4H3,(H,23,25);1H. The fourth-order valence-corrected chi connectivity index (χ4v) is 3.73. The molecule has 1 aliphatic heterocycles. The zero-order chi connectivity index (χ0) is 19.4. The molecule has 1 unspecified atom stereocenters. The minimum Gasteiger partial charge on any atom is -0.493 e. The number of nitrogens with one attached hydrogen (secondary N) is 1. The highest BCUT2D eigenvalue weighted by Gasteiger charge is 2.25. The largest absolute Gasteiger partial charge is 0.493 e. The molecule has 1 atom stereocenters. The molecule has 3 rings (SSSR count). The van der Waals surface area contributed by atoms with Crippen LogP contribution >= 0.6 is 12.4 Å². The maximum absolute atomic E-state index is 11.1. The van der Waals surface area contributed by atoms with E-state index in [1.54, 1.807) is 14.2 Å². The molecule has 1 N–H and O–H groups in total. The predicted octanol–water partition coefficient (Wildman–Crippen LogP) is 4.25. The molecule has 28 heavy (non-hydrogen) atoms. The maximum Gasteiger partial charge on any atom is 0.221 e. The molecule has 1 amide bonds. The third kappa shape index (κ3) is 4.97. The van der Waals surface area contributed by atoms with E-state index in [-0.39, 0.29) is 18.3 Å². The molecule has 2 aromatic carbocycles. The van der Waals surface area contributed by atoms with Crippen LogP contribution in [0.3, 0.4) is 0 Å². The van der Waals surface area contributed by atoms with Crippen molar-refractivity contribution in [3.63, 3.8) is 0 Å². The number of ether oxygens (including phenoxy) is 2. The molecule has 152 valence electrons. The molecular weight excluding hydrogens is 376 g/mol. The number of fused-ring (bicyclic) bond motifs is 1. The van der Waals surface area contributed by atoms with Gasteiger partial charge in [-0.2, -0.15) is 0 Å². The number of benzene rings is 2. The highest BCUT2D eigenvalue weighted by Crippen LogP contribution is 2.37. The van der Waals surface area contributed by atoms with Crippen molar-refractivity contribution in [2.45, 2.75) is 32.7 Å². The molecule has 0 spiro atoms. The first-order valence-corrected chi connectivity index (χ1v) is 9.37. The van der Waals surface area contributed by atoms with Gasteiger partial charge in [0.15, 0.2) is 11.5 Å². The van der Waals surface area contributed by atoms with E-state index in [4.69, 9.17) is 9.47 Å². The van der Waals surface area contributed by atoms with Gasteiger partial charge in [-0.3, -0.25) is 9.69 Å². The van der Waals surface area contributed by atoms with Crippen LogP contribution in [0.2, 0.25) is 0 Å². The molecule has 1 aliphatic rings. The van der Waals surface area contributed by atoms with Gasteiger partial charge in [0.1, 0.15) is 0 Å². The van der Waals surface area contributed by atoms with Gasteiger partial charge in [0.25, 0.3) is 0 Å². The summed E-state index contributed by atoms with van der Waals surface area (Å²) in [5.74, 6) is 1.55. The van der Waals surface area contributed by atoms with E-state index in [0.29, 0.717) is 6.04 Å².